The van der Waals surface area contributed by atoms with Crippen molar-refractivity contribution in [2.24, 2.45) is 0 Å². The number of aromatic nitrogens is 1. The van der Waals surface area contributed by atoms with Gasteiger partial charge in [0.15, 0.2) is 5.82 Å². The lowest BCUT2D eigenvalue weighted by Crippen LogP contribution is -2.11. The van der Waals surface area contributed by atoms with Gasteiger partial charge in [-0.25, -0.2) is 4.98 Å². The number of anilines is 2. The second kappa shape index (κ2) is 6.77. The standard InChI is InChI=1S/C20H17N3.ClH/c1-14-8-2-6-12-18(14)22-23-20-17-11-4-3-9-15(17)16-10-5-7-13-19(16)21-20;/h2-13,22H,1H3,(H,21,23);1H. The maximum Gasteiger partial charge on any atom is 0.153 e. The van der Waals surface area contributed by atoms with Gasteiger partial charge in [0.2, 0.25) is 0 Å². The van der Waals surface area contributed by atoms with E-state index in [9.17, 15) is 0 Å². The summed E-state index contributed by atoms with van der Waals surface area (Å²) in [7, 11) is 0. The van der Waals surface area contributed by atoms with E-state index in [4.69, 9.17) is 4.98 Å². The molecule has 0 saturated carbocycles. The van der Waals surface area contributed by atoms with E-state index in [1.165, 1.54) is 16.3 Å². The van der Waals surface area contributed by atoms with E-state index in [-0.39, 0.29) is 12.4 Å². The topological polar surface area (TPSA) is 37.0 Å². The Kier molecular flexibility index (Phi) is 4.54. The zero-order valence-corrected chi connectivity index (χ0v) is 14.1. The van der Waals surface area contributed by atoms with Crippen LogP contribution in [0.1, 0.15) is 5.56 Å². The van der Waals surface area contributed by atoms with E-state index in [2.05, 4.69) is 54.2 Å². The van der Waals surface area contributed by atoms with Crippen LogP contribution in [0.15, 0.2) is 72.8 Å². The number of rotatable bonds is 3. The van der Waals surface area contributed by atoms with Gasteiger partial charge in [-0.15, -0.1) is 12.4 Å². The minimum Gasteiger partial charge on any atom is -0.299 e. The maximum atomic E-state index is 4.77. The van der Waals surface area contributed by atoms with Crippen molar-refractivity contribution < 1.29 is 0 Å². The summed E-state index contributed by atoms with van der Waals surface area (Å²) in [5.41, 5.74) is 9.77. The fraction of sp³-hybridized carbons (Fsp3) is 0.0500. The molecule has 0 aliphatic heterocycles. The van der Waals surface area contributed by atoms with Crippen molar-refractivity contribution in [1.82, 2.24) is 4.98 Å². The van der Waals surface area contributed by atoms with Gasteiger partial charge in [0.1, 0.15) is 0 Å². The Morgan fingerprint density at radius 2 is 1.29 bits per heavy atom. The molecule has 4 heteroatoms. The molecular weight excluding hydrogens is 318 g/mol. The number of pyridine rings is 1. The Labute approximate surface area is 147 Å². The van der Waals surface area contributed by atoms with E-state index >= 15 is 0 Å². The van der Waals surface area contributed by atoms with Gasteiger partial charge in [-0.2, -0.15) is 0 Å². The highest BCUT2D eigenvalue weighted by atomic mass is 35.5. The average Bonchev–Trinajstić information content (AvgIpc) is 2.61. The minimum absolute atomic E-state index is 0. The SMILES string of the molecule is Cc1ccccc1NNc1nc2ccccc2c2ccccc12.Cl. The summed E-state index contributed by atoms with van der Waals surface area (Å²) in [6.45, 7) is 2.08. The summed E-state index contributed by atoms with van der Waals surface area (Å²) in [6.07, 6.45) is 0. The average molecular weight is 336 g/mol. The minimum atomic E-state index is 0. The molecular formula is C20H18ClN3. The number of hydrogen-bond donors (Lipinski definition) is 2. The normalized spacial score (nSPS) is 10.4. The lowest BCUT2D eigenvalue weighted by atomic mass is 10.1. The predicted molar refractivity (Wildman–Crippen MR) is 105 cm³/mol. The Morgan fingerprint density at radius 3 is 2.08 bits per heavy atom. The third kappa shape index (κ3) is 2.86. The van der Waals surface area contributed by atoms with E-state index in [0.29, 0.717) is 0 Å². The fourth-order valence-electron chi connectivity index (χ4n) is 2.84. The molecule has 0 fully saturated rings. The van der Waals surface area contributed by atoms with Crippen molar-refractivity contribution in [2.75, 3.05) is 10.9 Å². The van der Waals surface area contributed by atoms with Gasteiger partial charge in [-0.05, 0) is 30.0 Å². The van der Waals surface area contributed by atoms with Crippen molar-refractivity contribution >= 4 is 45.6 Å². The summed E-state index contributed by atoms with van der Waals surface area (Å²) in [5.74, 6) is 0.836. The molecule has 120 valence electrons. The highest BCUT2D eigenvalue weighted by Crippen LogP contribution is 2.29. The molecule has 24 heavy (non-hydrogen) atoms. The molecule has 3 aromatic carbocycles. The highest BCUT2D eigenvalue weighted by molar-refractivity contribution is 6.10. The van der Waals surface area contributed by atoms with Gasteiger partial charge in [-0.1, -0.05) is 60.7 Å². The first kappa shape index (κ1) is 16.1. The Balaban J connectivity index is 0.00000169. The number of hydrogen-bond acceptors (Lipinski definition) is 3. The largest absolute Gasteiger partial charge is 0.299 e. The van der Waals surface area contributed by atoms with Crippen LogP contribution in [-0.2, 0) is 0 Å². The number of para-hydroxylation sites is 2. The molecule has 0 aliphatic rings. The molecule has 0 amide bonds. The lowest BCUT2D eigenvalue weighted by Gasteiger charge is -2.14. The van der Waals surface area contributed by atoms with Gasteiger partial charge < -0.3 is 0 Å². The van der Waals surface area contributed by atoms with Gasteiger partial charge >= 0.3 is 0 Å². The van der Waals surface area contributed by atoms with E-state index < -0.39 is 0 Å². The molecule has 0 unspecified atom stereocenters. The zero-order chi connectivity index (χ0) is 15.6. The summed E-state index contributed by atoms with van der Waals surface area (Å²) >= 11 is 0. The van der Waals surface area contributed by atoms with Crippen molar-refractivity contribution in [3.8, 4) is 0 Å². The van der Waals surface area contributed by atoms with Crippen molar-refractivity contribution in [2.45, 2.75) is 6.92 Å². The van der Waals surface area contributed by atoms with Gasteiger partial charge in [0, 0.05) is 10.8 Å². The molecule has 2 N–H and O–H groups in total. The Bertz CT molecular complexity index is 998. The van der Waals surface area contributed by atoms with Crippen molar-refractivity contribution in [3.05, 3.63) is 78.4 Å². The maximum absolute atomic E-state index is 4.77. The second-order valence-corrected chi connectivity index (χ2v) is 5.59. The number of fused-ring (bicyclic) bond motifs is 3. The van der Waals surface area contributed by atoms with Crippen LogP contribution >= 0.6 is 12.4 Å². The summed E-state index contributed by atoms with van der Waals surface area (Å²) in [5, 5.41) is 3.48. The Morgan fingerprint density at radius 1 is 0.667 bits per heavy atom. The number of benzene rings is 3. The quantitative estimate of drug-likeness (QED) is 0.380. The van der Waals surface area contributed by atoms with E-state index in [1.807, 2.05) is 36.4 Å². The van der Waals surface area contributed by atoms with Crippen LogP contribution in [-0.4, -0.2) is 4.98 Å². The number of hydrazine groups is 1. The van der Waals surface area contributed by atoms with Gasteiger partial charge in [-0.3, -0.25) is 10.9 Å². The monoisotopic (exact) mass is 335 g/mol. The van der Waals surface area contributed by atoms with Crippen molar-refractivity contribution in [1.29, 1.82) is 0 Å². The van der Waals surface area contributed by atoms with Crippen LogP contribution in [0.25, 0.3) is 21.7 Å². The fourth-order valence-corrected chi connectivity index (χ4v) is 2.84. The molecule has 0 radical (unpaired) electrons. The number of nitrogens with zero attached hydrogens (tertiary/aromatic N) is 1. The molecule has 0 bridgehead atoms. The first-order valence-corrected chi connectivity index (χ1v) is 7.68. The molecule has 4 aromatic rings. The summed E-state index contributed by atoms with van der Waals surface area (Å²) in [4.78, 5) is 4.77. The molecule has 3 nitrogen and oxygen atoms in total. The van der Waals surface area contributed by atoms with Crippen LogP contribution in [0.3, 0.4) is 0 Å². The smallest absolute Gasteiger partial charge is 0.153 e. The summed E-state index contributed by atoms with van der Waals surface area (Å²) in [6, 6.07) is 24.7. The number of aryl methyl sites for hydroxylation is 1. The predicted octanol–water partition coefficient (Wildman–Crippen LogP) is 5.56. The van der Waals surface area contributed by atoms with Crippen LogP contribution in [0.2, 0.25) is 0 Å². The molecule has 0 saturated heterocycles. The van der Waals surface area contributed by atoms with E-state index in [0.717, 1.165) is 22.4 Å². The van der Waals surface area contributed by atoms with Gasteiger partial charge in [0.25, 0.3) is 0 Å². The van der Waals surface area contributed by atoms with E-state index in [1.54, 1.807) is 0 Å². The van der Waals surface area contributed by atoms with Crippen LogP contribution in [0, 0.1) is 6.92 Å². The molecule has 1 aromatic heterocycles. The zero-order valence-electron chi connectivity index (χ0n) is 13.3. The molecule has 4 rings (SSSR count). The number of halogens is 1. The molecule has 0 spiro atoms. The third-order valence-corrected chi connectivity index (χ3v) is 4.07. The van der Waals surface area contributed by atoms with Crippen LogP contribution < -0.4 is 10.9 Å². The van der Waals surface area contributed by atoms with Gasteiger partial charge in [0.05, 0.1) is 11.2 Å². The van der Waals surface area contributed by atoms with Crippen LogP contribution in [0.5, 0.6) is 0 Å². The second-order valence-electron chi connectivity index (χ2n) is 5.59. The summed E-state index contributed by atoms with van der Waals surface area (Å²) < 4.78 is 0. The highest BCUT2D eigenvalue weighted by Gasteiger charge is 2.07. The lowest BCUT2D eigenvalue weighted by molar-refractivity contribution is 1.31. The molecule has 0 aliphatic carbocycles. The molecule has 0 atom stereocenters. The first-order valence-electron chi connectivity index (χ1n) is 7.68. The first-order chi connectivity index (χ1) is 11.3. The van der Waals surface area contributed by atoms with Crippen LogP contribution in [0.4, 0.5) is 11.5 Å². The number of nitrogens with one attached hydrogen (secondary N) is 2. The third-order valence-electron chi connectivity index (χ3n) is 4.07. The Hall–Kier alpha value is -2.78. The van der Waals surface area contributed by atoms with Crippen molar-refractivity contribution in [3.63, 3.8) is 0 Å². The molecule has 1 heterocycles.